The molecular formula is C12H9Cl2N3. The molecule has 1 aromatic carbocycles. The molecule has 0 atom stereocenters. The van der Waals surface area contributed by atoms with Gasteiger partial charge in [0.2, 0.25) is 0 Å². The van der Waals surface area contributed by atoms with Gasteiger partial charge in [-0.05, 0) is 29.8 Å². The predicted octanol–water partition coefficient (Wildman–Crippen LogP) is 3.83. The number of benzene rings is 1. The second kappa shape index (κ2) is 5.66. The lowest BCUT2D eigenvalue weighted by Gasteiger charge is -1.99. The molecule has 1 heterocycles. The van der Waals surface area contributed by atoms with Gasteiger partial charge in [-0.15, -0.1) is 0 Å². The zero-order valence-corrected chi connectivity index (χ0v) is 10.3. The highest BCUT2D eigenvalue weighted by molar-refractivity contribution is 6.42. The summed E-state index contributed by atoms with van der Waals surface area (Å²) >= 11 is 11.7. The molecule has 0 amide bonds. The van der Waals surface area contributed by atoms with Gasteiger partial charge in [-0.3, -0.25) is 5.43 Å². The summed E-state index contributed by atoms with van der Waals surface area (Å²) in [5.74, 6) is 0.684. The van der Waals surface area contributed by atoms with Crippen molar-refractivity contribution in [1.82, 2.24) is 4.98 Å². The molecule has 2 aromatic rings. The Balaban J connectivity index is 2.03. The van der Waals surface area contributed by atoms with E-state index in [4.69, 9.17) is 23.2 Å². The molecule has 0 radical (unpaired) electrons. The van der Waals surface area contributed by atoms with E-state index in [0.29, 0.717) is 15.9 Å². The van der Waals surface area contributed by atoms with Crippen LogP contribution >= 0.6 is 23.2 Å². The van der Waals surface area contributed by atoms with Gasteiger partial charge in [0.25, 0.3) is 0 Å². The maximum Gasteiger partial charge on any atom is 0.146 e. The molecule has 0 unspecified atom stereocenters. The van der Waals surface area contributed by atoms with Gasteiger partial charge >= 0.3 is 0 Å². The summed E-state index contributed by atoms with van der Waals surface area (Å²) in [5, 5.41) is 5.08. The molecule has 3 nitrogen and oxygen atoms in total. The molecule has 17 heavy (non-hydrogen) atoms. The highest BCUT2D eigenvalue weighted by Gasteiger charge is 1.96. The van der Waals surface area contributed by atoms with Gasteiger partial charge in [0.15, 0.2) is 0 Å². The monoisotopic (exact) mass is 265 g/mol. The maximum absolute atomic E-state index is 5.88. The van der Waals surface area contributed by atoms with Crippen LogP contribution in [0.15, 0.2) is 47.7 Å². The Hall–Kier alpha value is -1.58. The number of hydrogen-bond donors (Lipinski definition) is 1. The minimum absolute atomic E-state index is 0.508. The number of pyridine rings is 1. The average molecular weight is 266 g/mol. The quantitative estimate of drug-likeness (QED) is 0.677. The fraction of sp³-hybridized carbons (Fsp3) is 0. The summed E-state index contributed by atoms with van der Waals surface area (Å²) < 4.78 is 0. The fourth-order valence-electron chi connectivity index (χ4n) is 1.19. The van der Waals surface area contributed by atoms with Gasteiger partial charge in [-0.25, -0.2) is 4.98 Å². The van der Waals surface area contributed by atoms with Crippen LogP contribution in [0.3, 0.4) is 0 Å². The zero-order valence-electron chi connectivity index (χ0n) is 8.77. The minimum Gasteiger partial charge on any atom is -0.261 e. The van der Waals surface area contributed by atoms with Crippen molar-refractivity contribution in [3.63, 3.8) is 0 Å². The van der Waals surface area contributed by atoms with Crippen LogP contribution in [-0.4, -0.2) is 11.2 Å². The van der Waals surface area contributed by atoms with Crippen LogP contribution < -0.4 is 5.43 Å². The molecule has 1 aromatic heterocycles. The Kier molecular flexibility index (Phi) is 3.96. The third-order valence-corrected chi connectivity index (χ3v) is 2.74. The van der Waals surface area contributed by atoms with Gasteiger partial charge in [0, 0.05) is 6.20 Å². The average Bonchev–Trinajstić information content (AvgIpc) is 2.35. The third kappa shape index (κ3) is 3.44. The number of hydrogen-bond acceptors (Lipinski definition) is 3. The second-order valence-electron chi connectivity index (χ2n) is 3.26. The summed E-state index contributed by atoms with van der Waals surface area (Å²) in [7, 11) is 0. The number of aromatic nitrogens is 1. The van der Waals surface area contributed by atoms with Gasteiger partial charge in [-0.2, -0.15) is 5.10 Å². The maximum atomic E-state index is 5.88. The topological polar surface area (TPSA) is 37.3 Å². The summed E-state index contributed by atoms with van der Waals surface area (Å²) in [5.41, 5.74) is 3.67. The molecule has 86 valence electrons. The Morgan fingerprint density at radius 1 is 1.12 bits per heavy atom. The Morgan fingerprint density at radius 3 is 2.71 bits per heavy atom. The van der Waals surface area contributed by atoms with Crippen molar-refractivity contribution >= 4 is 35.2 Å². The fourth-order valence-corrected chi connectivity index (χ4v) is 1.50. The molecule has 2 rings (SSSR count). The van der Waals surface area contributed by atoms with Crippen molar-refractivity contribution in [2.75, 3.05) is 5.43 Å². The van der Waals surface area contributed by atoms with Crippen LogP contribution in [0.5, 0.6) is 0 Å². The lowest BCUT2D eigenvalue weighted by molar-refractivity contribution is 1.23. The van der Waals surface area contributed by atoms with E-state index < -0.39 is 0 Å². The van der Waals surface area contributed by atoms with E-state index in [1.54, 1.807) is 24.5 Å². The first-order chi connectivity index (χ1) is 8.25. The Morgan fingerprint density at radius 2 is 2.00 bits per heavy atom. The van der Waals surface area contributed by atoms with Crippen LogP contribution in [0, 0.1) is 0 Å². The van der Waals surface area contributed by atoms with Crippen LogP contribution in [0.4, 0.5) is 5.82 Å². The number of rotatable bonds is 3. The first-order valence-corrected chi connectivity index (χ1v) is 5.66. The predicted molar refractivity (Wildman–Crippen MR) is 71.9 cm³/mol. The smallest absolute Gasteiger partial charge is 0.146 e. The lowest BCUT2D eigenvalue weighted by atomic mass is 10.2. The molecule has 1 N–H and O–H groups in total. The molecular weight excluding hydrogens is 257 g/mol. The number of anilines is 1. The molecule has 0 fully saturated rings. The molecule has 0 saturated heterocycles. The molecule has 0 aliphatic rings. The van der Waals surface area contributed by atoms with E-state index in [-0.39, 0.29) is 0 Å². The van der Waals surface area contributed by atoms with Crippen LogP contribution in [-0.2, 0) is 0 Å². The number of halogens is 2. The first kappa shape index (κ1) is 11.9. The molecule has 5 heteroatoms. The highest BCUT2D eigenvalue weighted by atomic mass is 35.5. The van der Waals surface area contributed by atoms with E-state index in [1.807, 2.05) is 24.3 Å². The van der Waals surface area contributed by atoms with Crippen LogP contribution in [0.1, 0.15) is 5.56 Å². The number of nitrogens with zero attached hydrogens (tertiary/aromatic N) is 2. The van der Waals surface area contributed by atoms with Crippen LogP contribution in [0.2, 0.25) is 10.0 Å². The minimum atomic E-state index is 0.508. The molecule has 0 bridgehead atoms. The van der Waals surface area contributed by atoms with Gasteiger partial charge in [0.1, 0.15) is 5.82 Å². The van der Waals surface area contributed by atoms with E-state index in [0.717, 1.165) is 5.56 Å². The standard InChI is InChI=1S/C12H9Cl2N3/c13-10-5-4-9(7-11(10)14)8-16-17-12-3-1-2-6-15-12/h1-8H,(H,15,17). The van der Waals surface area contributed by atoms with Gasteiger partial charge < -0.3 is 0 Å². The van der Waals surface area contributed by atoms with Gasteiger partial charge in [0.05, 0.1) is 16.3 Å². The van der Waals surface area contributed by atoms with Gasteiger partial charge in [-0.1, -0.05) is 35.3 Å². The SMILES string of the molecule is Clc1ccc(C=NNc2ccccn2)cc1Cl. The van der Waals surface area contributed by atoms with Crippen molar-refractivity contribution < 1.29 is 0 Å². The normalized spacial score (nSPS) is 10.7. The van der Waals surface area contributed by atoms with Crippen LogP contribution in [0.25, 0.3) is 0 Å². The van der Waals surface area contributed by atoms with E-state index in [2.05, 4.69) is 15.5 Å². The molecule has 0 saturated carbocycles. The molecule has 0 aliphatic carbocycles. The number of nitrogens with one attached hydrogen (secondary N) is 1. The lowest BCUT2D eigenvalue weighted by Crippen LogP contribution is -1.92. The zero-order chi connectivity index (χ0) is 12.1. The summed E-state index contributed by atoms with van der Waals surface area (Å²) in [6.45, 7) is 0. The Labute approximate surface area is 109 Å². The number of hydrazone groups is 1. The van der Waals surface area contributed by atoms with Crippen molar-refractivity contribution in [1.29, 1.82) is 0 Å². The van der Waals surface area contributed by atoms with Crippen molar-refractivity contribution in [3.05, 3.63) is 58.2 Å². The first-order valence-electron chi connectivity index (χ1n) is 4.91. The summed E-state index contributed by atoms with van der Waals surface area (Å²) in [6, 6.07) is 10.8. The van der Waals surface area contributed by atoms with E-state index >= 15 is 0 Å². The largest absolute Gasteiger partial charge is 0.261 e. The van der Waals surface area contributed by atoms with Crippen molar-refractivity contribution in [2.45, 2.75) is 0 Å². The summed E-state index contributed by atoms with van der Waals surface area (Å²) in [6.07, 6.45) is 3.34. The summed E-state index contributed by atoms with van der Waals surface area (Å²) in [4.78, 5) is 4.07. The second-order valence-corrected chi connectivity index (χ2v) is 4.07. The van der Waals surface area contributed by atoms with Crippen molar-refractivity contribution in [3.8, 4) is 0 Å². The molecule has 0 spiro atoms. The highest BCUT2D eigenvalue weighted by Crippen LogP contribution is 2.21. The molecule has 0 aliphatic heterocycles. The van der Waals surface area contributed by atoms with E-state index in [1.165, 1.54) is 0 Å². The van der Waals surface area contributed by atoms with Crippen molar-refractivity contribution in [2.24, 2.45) is 5.10 Å². The Bertz CT molecular complexity index is 527. The third-order valence-electron chi connectivity index (χ3n) is 2.00. The van der Waals surface area contributed by atoms with E-state index in [9.17, 15) is 0 Å².